The first-order valence-electron chi connectivity index (χ1n) is 6.57. The van der Waals surface area contributed by atoms with Crippen molar-refractivity contribution >= 4 is 5.69 Å². The SMILES string of the molecule is CCN(Cc1cccc(F)c1N)CC1CCCO1. The Morgan fingerprint density at radius 3 is 3.00 bits per heavy atom. The number of hydrogen-bond acceptors (Lipinski definition) is 3. The van der Waals surface area contributed by atoms with Crippen molar-refractivity contribution in [3.8, 4) is 0 Å². The molecule has 1 aliphatic rings. The molecule has 3 nitrogen and oxygen atoms in total. The highest BCUT2D eigenvalue weighted by molar-refractivity contribution is 5.47. The lowest BCUT2D eigenvalue weighted by atomic mass is 10.1. The van der Waals surface area contributed by atoms with E-state index in [-0.39, 0.29) is 11.5 Å². The number of nitrogen functional groups attached to an aromatic ring is 1. The quantitative estimate of drug-likeness (QED) is 0.818. The first-order valence-corrected chi connectivity index (χ1v) is 6.57. The third kappa shape index (κ3) is 3.21. The van der Waals surface area contributed by atoms with Gasteiger partial charge in [0.05, 0.1) is 11.8 Å². The molecule has 2 N–H and O–H groups in total. The Balaban J connectivity index is 1.98. The highest BCUT2D eigenvalue weighted by Gasteiger charge is 2.19. The van der Waals surface area contributed by atoms with Crippen molar-refractivity contribution in [1.29, 1.82) is 0 Å². The number of likely N-dealkylation sites (N-methyl/N-ethyl adjacent to an activating group) is 1. The summed E-state index contributed by atoms with van der Waals surface area (Å²) in [7, 11) is 0. The third-order valence-electron chi connectivity index (χ3n) is 3.47. The summed E-state index contributed by atoms with van der Waals surface area (Å²) in [5.41, 5.74) is 6.88. The van der Waals surface area contributed by atoms with Gasteiger partial charge in [0.1, 0.15) is 5.82 Å². The number of nitrogens with two attached hydrogens (primary N) is 1. The Hall–Kier alpha value is -1.13. The highest BCUT2D eigenvalue weighted by Crippen LogP contribution is 2.19. The molecule has 1 aliphatic heterocycles. The fraction of sp³-hybridized carbons (Fsp3) is 0.571. The van der Waals surface area contributed by atoms with E-state index in [1.807, 2.05) is 6.07 Å². The number of para-hydroxylation sites is 1. The summed E-state index contributed by atoms with van der Waals surface area (Å²) < 4.78 is 19.0. The molecule has 0 radical (unpaired) electrons. The number of hydrogen-bond donors (Lipinski definition) is 1. The minimum atomic E-state index is -0.333. The van der Waals surface area contributed by atoms with Crippen molar-refractivity contribution in [2.75, 3.05) is 25.4 Å². The molecule has 1 atom stereocenters. The fourth-order valence-corrected chi connectivity index (χ4v) is 2.34. The molecule has 1 saturated heterocycles. The highest BCUT2D eigenvalue weighted by atomic mass is 19.1. The van der Waals surface area contributed by atoms with E-state index in [4.69, 9.17) is 10.5 Å². The predicted molar refractivity (Wildman–Crippen MR) is 70.7 cm³/mol. The van der Waals surface area contributed by atoms with Crippen LogP contribution in [0.15, 0.2) is 18.2 Å². The molecule has 4 heteroatoms. The van der Waals surface area contributed by atoms with Gasteiger partial charge in [0.25, 0.3) is 0 Å². The standard InChI is InChI=1S/C14H21FN2O/c1-2-17(10-12-6-4-8-18-12)9-11-5-3-7-13(15)14(11)16/h3,5,7,12H,2,4,6,8-10,16H2,1H3. The van der Waals surface area contributed by atoms with E-state index in [1.165, 1.54) is 6.07 Å². The minimum absolute atomic E-state index is 0.267. The lowest BCUT2D eigenvalue weighted by molar-refractivity contribution is 0.0725. The maximum Gasteiger partial charge on any atom is 0.146 e. The van der Waals surface area contributed by atoms with Crippen molar-refractivity contribution in [2.45, 2.75) is 32.4 Å². The van der Waals surface area contributed by atoms with Crippen molar-refractivity contribution in [3.63, 3.8) is 0 Å². The zero-order valence-electron chi connectivity index (χ0n) is 10.9. The third-order valence-corrected chi connectivity index (χ3v) is 3.47. The molecule has 0 amide bonds. The van der Waals surface area contributed by atoms with E-state index in [0.29, 0.717) is 12.6 Å². The Bertz CT molecular complexity index is 391. The largest absolute Gasteiger partial charge is 0.396 e. The van der Waals surface area contributed by atoms with Crippen LogP contribution in [0.4, 0.5) is 10.1 Å². The summed E-state index contributed by atoms with van der Waals surface area (Å²) in [6.45, 7) is 5.46. The molecular formula is C14H21FN2O. The van der Waals surface area contributed by atoms with E-state index in [2.05, 4.69) is 11.8 Å². The van der Waals surface area contributed by atoms with Crippen molar-refractivity contribution in [2.24, 2.45) is 0 Å². The van der Waals surface area contributed by atoms with Crippen molar-refractivity contribution in [3.05, 3.63) is 29.6 Å². The van der Waals surface area contributed by atoms with E-state index < -0.39 is 0 Å². The molecule has 0 spiro atoms. The lowest BCUT2D eigenvalue weighted by Crippen LogP contribution is -2.31. The van der Waals surface area contributed by atoms with Crippen LogP contribution in [-0.2, 0) is 11.3 Å². The second-order valence-corrected chi connectivity index (χ2v) is 4.78. The summed E-state index contributed by atoms with van der Waals surface area (Å²) in [6, 6.07) is 4.99. The van der Waals surface area contributed by atoms with Gasteiger partial charge in [-0.3, -0.25) is 4.90 Å². The van der Waals surface area contributed by atoms with E-state index in [1.54, 1.807) is 6.07 Å². The summed E-state index contributed by atoms with van der Waals surface area (Å²) >= 11 is 0. The van der Waals surface area contributed by atoms with Crippen LogP contribution in [0, 0.1) is 5.82 Å². The van der Waals surface area contributed by atoms with Crippen LogP contribution in [-0.4, -0.2) is 30.7 Å². The van der Waals surface area contributed by atoms with E-state index >= 15 is 0 Å². The maximum absolute atomic E-state index is 13.4. The van der Waals surface area contributed by atoms with Crippen LogP contribution in [0.5, 0.6) is 0 Å². The molecule has 18 heavy (non-hydrogen) atoms. The van der Waals surface area contributed by atoms with Crippen molar-refractivity contribution < 1.29 is 9.13 Å². The van der Waals surface area contributed by atoms with Crippen LogP contribution < -0.4 is 5.73 Å². The van der Waals surface area contributed by atoms with Gasteiger partial charge < -0.3 is 10.5 Å². The second kappa shape index (κ2) is 6.16. The molecule has 1 unspecified atom stereocenters. The number of ether oxygens (including phenoxy) is 1. The molecule has 1 aromatic rings. The summed E-state index contributed by atoms with van der Waals surface area (Å²) in [5, 5.41) is 0. The molecule has 0 aliphatic carbocycles. The van der Waals surface area contributed by atoms with Gasteiger partial charge in [-0.05, 0) is 31.0 Å². The molecule has 0 saturated carbocycles. The van der Waals surface area contributed by atoms with Crippen LogP contribution in [0.2, 0.25) is 0 Å². The van der Waals surface area contributed by atoms with Crippen molar-refractivity contribution in [1.82, 2.24) is 4.90 Å². The van der Waals surface area contributed by atoms with Gasteiger partial charge in [-0.25, -0.2) is 4.39 Å². The molecule has 0 bridgehead atoms. The predicted octanol–water partition coefficient (Wildman–Crippen LogP) is 2.41. The summed E-state index contributed by atoms with van der Waals surface area (Å²) in [6.07, 6.45) is 2.58. The molecule has 0 aromatic heterocycles. The number of rotatable bonds is 5. The molecule has 1 heterocycles. The number of halogens is 1. The van der Waals surface area contributed by atoms with Gasteiger partial charge in [0.2, 0.25) is 0 Å². The van der Waals surface area contributed by atoms with Crippen LogP contribution in [0.1, 0.15) is 25.3 Å². The molecule has 100 valence electrons. The number of nitrogens with zero attached hydrogens (tertiary/aromatic N) is 1. The zero-order chi connectivity index (χ0) is 13.0. The smallest absolute Gasteiger partial charge is 0.146 e. The maximum atomic E-state index is 13.4. The topological polar surface area (TPSA) is 38.5 Å². The first-order chi connectivity index (χ1) is 8.70. The Labute approximate surface area is 108 Å². The van der Waals surface area contributed by atoms with Gasteiger partial charge in [0, 0.05) is 19.7 Å². The Morgan fingerprint density at radius 1 is 1.50 bits per heavy atom. The van der Waals surface area contributed by atoms with Gasteiger partial charge >= 0.3 is 0 Å². The molecule has 1 aromatic carbocycles. The minimum Gasteiger partial charge on any atom is -0.396 e. The number of anilines is 1. The molecule has 1 fully saturated rings. The van der Waals surface area contributed by atoms with Gasteiger partial charge in [0.15, 0.2) is 0 Å². The second-order valence-electron chi connectivity index (χ2n) is 4.78. The normalized spacial score (nSPS) is 19.6. The monoisotopic (exact) mass is 252 g/mol. The van der Waals surface area contributed by atoms with Gasteiger partial charge in [-0.15, -0.1) is 0 Å². The first kappa shape index (κ1) is 13.3. The fourth-order valence-electron chi connectivity index (χ4n) is 2.34. The zero-order valence-corrected chi connectivity index (χ0v) is 10.9. The van der Waals surface area contributed by atoms with Crippen LogP contribution in [0.25, 0.3) is 0 Å². The lowest BCUT2D eigenvalue weighted by Gasteiger charge is -2.24. The van der Waals surface area contributed by atoms with E-state index in [9.17, 15) is 4.39 Å². The Kier molecular flexibility index (Phi) is 4.55. The van der Waals surface area contributed by atoms with Crippen LogP contribution >= 0.6 is 0 Å². The average Bonchev–Trinajstić information content (AvgIpc) is 2.86. The van der Waals surface area contributed by atoms with Gasteiger partial charge in [-0.1, -0.05) is 19.1 Å². The summed E-state index contributed by atoms with van der Waals surface area (Å²) in [4.78, 5) is 2.25. The number of benzene rings is 1. The Morgan fingerprint density at radius 2 is 2.33 bits per heavy atom. The van der Waals surface area contributed by atoms with Crippen LogP contribution in [0.3, 0.4) is 0 Å². The molecule has 2 rings (SSSR count). The summed E-state index contributed by atoms with van der Waals surface area (Å²) in [5.74, 6) is -0.333. The van der Waals surface area contributed by atoms with Gasteiger partial charge in [-0.2, -0.15) is 0 Å². The average molecular weight is 252 g/mol. The molecular weight excluding hydrogens is 231 g/mol. The van der Waals surface area contributed by atoms with E-state index in [0.717, 1.165) is 38.1 Å².